The van der Waals surface area contributed by atoms with Crippen LogP contribution in [0.1, 0.15) is 56.1 Å². The number of hydrogen-bond donors (Lipinski definition) is 2. The lowest BCUT2D eigenvalue weighted by molar-refractivity contribution is -0.130. The lowest BCUT2D eigenvalue weighted by Crippen LogP contribution is -2.69. The maximum atomic E-state index is 12.9. The van der Waals surface area contributed by atoms with Gasteiger partial charge in [-0.1, -0.05) is 12.1 Å². The SMILES string of the molecule is O=CNCC1=C(F)CC(F)C=C1.O=Nc1ccc2c(c1)[C@]13CCCC1(O)C(C2)N(CC1CC1)CC3. The average Bonchev–Trinajstić information content (AvgIpc) is 3.58. The predicted molar refractivity (Wildman–Crippen MR) is 130 cm³/mol. The Morgan fingerprint density at radius 3 is 2.77 bits per heavy atom. The van der Waals surface area contributed by atoms with Crippen LogP contribution in [0, 0.1) is 10.8 Å². The summed E-state index contributed by atoms with van der Waals surface area (Å²) in [7, 11) is 0. The highest BCUT2D eigenvalue weighted by Crippen LogP contribution is 2.60. The molecule has 3 fully saturated rings. The van der Waals surface area contributed by atoms with Gasteiger partial charge in [-0.3, -0.25) is 9.69 Å². The number of allylic oxidation sites excluding steroid dienone is 2. The van der Waals surface area contributed by atoms with Crippen molar-refractivity contribution in [3.05, 3.63) is 57.8 Å². The summed E-state index contributed by atoms with van der Waals surface area (Å²) in [5.74, 6) is 0.370. The Morgan fingerprint density at radius 2 is 2.06 bits per heavy atom. The number of piperidine rings is 1. The van der Waals surface area contributed by atoms with Gasteiger partial charge in [0, 0.05) is 36.5 Å². The van der Waals surface area contributed by atoms with Crippen LogP contribution >= 0.6 is 0 Å². The molecular weight excluding hydrogens is 452 g/mol. The molecule has 6 rings (SSSR count). The molecule has 4 atom stereocenters. The van der Waals surface area contributed by atoms with E-state index < -0.39 is 17.6 Å². The van der Waals surface area contributed by atoms with Crippen LogP contribution in [0.4, 0.5) is 14.5 Å². The number of fused-ring (bicyclic) bond motifs is 1. The Hall–Kier alpha value is -2.45. The van der Waals surface area contributed by atoms with Crippen molar-refractivity contribution in [3.63, 3.8) is 0 Å². The Labute approximate surface area is 204 Å². The van der Waals surface area contributed by atoms with Crippen LogP contribution < -0.4 is 5.32 Å². The van der Waals surface area contributed by atoms with E-state index in [-0.39, 0.29) is 24.4 Å². The van der Waals surface area contributed by atoms with E-state index in [9.17, 15) is 23.6 Å². The summed E-state index contributed by atoms with van der Waals surface area (Å²) in [6, 6.07) is 6.13. The quantitative estimate of drug-likeness (QED) is 0.458. The second-order valence-electron chi connectivity index (χ2n) is 10.7. The Balaban J connectivity index is 0.000000180. The fourth-order valence-corrected chi connectivity index (χ4v) is 6.83. The number of halogens is 2. The van der Waals surface area contributed by atoms with E-state index in [0.717, 1.165) is 51.1 Å². The molecule has 5 aliphatic rings. The van der Waals surface area contributed by atoms with Gasteiger partial charge in [0.2, 0.25) is 6.41 Å². The van der Waals surface area contributed by atoms with E-state index >= 15 is 0 Å². The molecule has 6 nitrogen and oxygen atoms in total. The lowest BCUT2D eigenvalue weighted by Gasteiger charge is -2.59. The molecule has 1 aromatic rings. The van der Waals surface area contributed by atoms with E-state index in [0.29, 0.717) is 17.7 Å². The molecule has 2 saturated carbocycles. The van der Waals surface area contributed by atoms with Gasteiger partial charge in [-0.15, -0.1) is 4.91 Å². The minimum absolute atomic E-state index is 0.124. The highest BCUT2D eigenvalue weighted by Gasteiger charge is 2.64. The molecule has 1 amide bonds. The topological polar surface area (TPSA) is 82.0 Å². The Bertz CT molecular complexity index is 1060. The number of likely N-dealkylation sites (tertiary alicyclic amines) is 1. The number of benzene rings is 1. The second-order valence-corrected chi connectivity index (χ2v) is 10.7. The van der Waals surface area contributed by atoms with E-state index in [1.165, 1.54) is 36.1 Å². The average molecular weight is 486 g/mol. The number of carbonyl (C=O) groups excluding carboxylic acids is 1. The molecule has 0 spiro atoms. The van der Waals surface area contributed by atoms with Gasteiger partial charge in [0.05, 0.1) is 5.60 Å². The molecule has 2 N–H and O–H groups in total. The van der Waals surface area contributed by atoms with Crippen LogP contribution in [0.5, 0.6) is 0 Å². The molecule has 1 aromatic carbocycles. The van der Waals surface area contributed by atoms with Crippen molar-refractivity contribution in [2.75, 3.05) is 19.6 Å². The number of carbonyl (C=O) groups is 1. The molecular formula is C27H33F2N3O3. The van der Waals surface area contributed by atoms with Gasteiger partial charge in [0.15, 0.2) is 0 Å². The van der Waals surface area contributed by atoms with Gasteiger partial charge in [-0.05, 0) is 91.9 Å². The fourth-order valence-electron chi connectivity index (χ4n) is 6.83. The van der Waals surface area contributed by atoms with Gasteiger partial charge in [0.1, 0.15) is 17.7 Å². The van der Waals surface area contributed by atoms with E-state index in [1.807, 2.05) is 12.1 Å². The molecule has 35 heavy (non-hydrogen) atoms. The number of hydrogen-bond acceptors (Lipinski definition) is 5. The van der Waals surface area contributed by atoms with E-state index in [1.54, 1.807) is 0 Å². The zero-order chi connectivity index (χ0) is 24.6. The Morgan fingerprint density at radius 1 is 1.23 bits per heavy atom. The normalized spacial score (nSPS) is 33.3. The molecule has 188 valence electrons. The first kappa shape index (κ1) is 24.3. The summed E-state index contributed by atoms with van der Waals surface area (Å²) in [5, 5.41) is 17.2. The molecule has 2 bridgehead atoms. The summed E-state index contributed by atoms with van der Waals surface area (Å²) in [4.78, 5) is 23.4. The summed E-state index contributed by atoms with van der Waals surface area (Å²) in [5.41, 5.74) is 2.63. The van der Waals surface area contributed by atoms with Gasteiger partial charge < -0.3 is 10.4 Å². The summed E-state index contributed by atoms with van der Waals surface area (Å²) >= 11 is 0. The second kappa shape index (κ2) is 9.54. The molecule has 1 aliphatic heterocycles. The van der Waals surface area contributed by atoms with E-state index in [4.69, 9.17) is 0 Å². The summed E-state index contributed by atoms with van der Waals surface area (Å²) < 4.78 is 25.3. The third-order valence-corrected chi connectivity index (χ3v) is 8.73. The number of nitroso groups, excluding NO2 is 1. The maximum Gasteiger partial charge on any atom is 0.207 e. The van der Waals surface area contributed by atoms with Crippen LogP contribution in [-0.2, 0) is 16.6 Å². The molecule has 8 heteroatoms. The number of aliphatic hydroxyl groups is 1. The first-order chi connectivity index (χ1) is 16.9. The van der Waals surface area contributed by atoms with Crippen LogP contribution in [0.15, 0.2) is 46.9 Å². The molecule has 0 aromatic heterocycles. The van der Waals surface area contributed by atoms with Crippen molar-refractivity contribution < 1.29 is 18.7 Å². The number of nitrogens with zero attached hydrogens (tertiary/aromatic N) is 2. The number of nitrogens with one attached hydrogen (secondary N) is 1. The van der Waals surface area contributed by atoms with Gasteiger partial charge in [0.25, 0.3) is 0 Å². The first-order valence-corrected chi connectivity index (χ1v) is 12.7. The third-order valence-electron chi connectivity index (χ3n) is 8.73. The van der Waals surface area contributed by atoms with Crippen molar-refractivity contribution in [1.29, 1.82) is 0 Å². The summed E-state index contributed by atoms with van der Waals surface area (Å²) in [6.07, 6.45) is 9.36. The highest BCUT2D eigenvalue weighted by molar-refractivity contribution is 5.53. The number of rotatable bonds is 6. The molecule has 1 saturated heterocycles. The monoisotopic (exact) mass is 485 g/mol. The highest BCUT2D eigenvalue weighted by atomic mass is 19.1. The van der Waals surface area contributed by atoms with Crippen molar-refractivity contribution in [1.82, 2.24) is 10.2 Å². The minimum Gasteiger partial charge on any atom is -0.387 e. The van der Waals surface area contributed by atoms with Gasteiger partial charge >= 0.3 is 0 Å². The van der Waals surface area contributed by atoms with Gasteiger partial charge in [-0.25, -0.2) is 8.78 Å². The van der Waals surface area contributed by atoms with Crippen LogP contribution in [0.2, 0.25) is 0 Å². The lowest BCUT2D eigenvalue weighted by atomic mass is 9.56. The predicted octanol–water partition coefficient (Wildman–Crippen LogP) is 4.53. The third kappa shape index (κ3) is 4.35. The van der Waals surface area contributed by atoms with Gasteiger partial charge in [-0.2, -0.15) is 0 Å². The molecule has 1 heterocycles. The Kier molecular flexibility index (Phi) is 6.61. The number of amides is 1. The van der Waals surface area contributed by atoms with Crippen LogP contribution in [-0.4, -0.2) is 53.9 Å². The zero-order valence-electron chi connectivity index (χ0n) is 19.9. The largest absolute Gasteiger partial charge is 0.387 e. The smallest absolute Gasteiger partial charge is 0.207 e. The minimum atomic E-state index is -1.23. The zero-order valence-corrected chi connectivity index (χ0v) is 19.9. The van der Waals surface area contributed by atoms with Crippen LogP contribution in [0.3, 0.4) is 0 Å². The van der Waals surface area contributed by atoms with Crippen molar-refractivity contribution in [2.24, 2.45) is 11.1 Å². The molecule has 0 radical (unpaired) electrons. The molecule has 4 aliphatic carbocycles. The van der Waals surface area contributed by atoms with Crippen molar-refractivity contribution in [3.8, 4) is 0 Å². The standard InChI is InChI=1S/C19H24N2O2.C8H9F2NO/c22-19-7-1-6-18(19)8-9-21(12-13-2-3-13)17(19)10-14-4-5-15(20-23)11-16(14)18;9-7-2-1-6(4-11-5-12)8(10)3-7/h4-5,11,13,17,22H,1-3,6-10,12H2;1-2,5,7H,3-4H2,(H,11,12)/t17?,18-,19?;/m1./s1. The first-order valence-electron chi connectivity index (χ1n) is 12.7. The summed E-state index contributed by atoms with van der Waals surface area (Å²) in [6.45, 7) is 2.37. The fraction of sp³-hybridized carbons (Fsp3) is 0.593. The number of alkyl halides is 1. The van der Waals surface area contributed by atoms with Crippen LogP contribution in [0.25, 0.3) is 0 Å². The van der Waals surface area contributed by atoms with Crippen molar-refractivity contribution in [2.45, 2.75) is 74.6 Å². The van der Waals surface area contributed by atoms with Crippen molar-refractivity contribution >= 4 is 12.1 Å². The van der Waals surface area contributed by atoms with E-state index in [2.05, 4.69) is 21.5 Å². The molecule has 3 unspecified atom stereocenters. The maximum absolute atomic E-state index is 12.9.